The van der Waals surface area contributed by atoms with Gasteiger partial charge in [-0.1, -0.05) is 23.7 Å². The van der Waals surface area contributed by atoms with Crippen molar-refractivity contribution in [2.75, 3.05) is 24.5 Å². The molecule has 36 heavy (non-hydrogen) atoms. The number of pyridine rings is 1. The summed E-state index contributed by atoms with van der Waals surface area (Å²) in [6, 6.07) is 11.7. The Kier molecular flexibility index (Phi) is 6.30. The summed E-state index contributed by atoms with van der Waals surface area (Å²) in [6.45, 7) is 9.45. The summed E-state index contributed by atoms with van der Waals surface area (Å²) in [6.07, 6.45) is 6.98. The maximum atomic E-state index is 12.7. The van der Waals surface area contributed by atoms with Crippen LogP contribution in [0.15, 0.2) is 61.3 Å². The number of halogens is 1. The second kappa shape index (κ2) is 9.43. The van der Waals surface area contributed by atoms with E-state index in [-0.39, 0.29) is 12.1 Å². The van der Waals surface area contributed by atoms with E-state index in [0.29, 0.717) is 24.7 Å². The van der Waals surface area contributed by atoms with Gasteiger partial charge in [-0.05, 0) is 52.0 Å². The molecule has 186 valence electrons. The fraction of sp³-hybridized carbons (Fsp3) is 0.333. The molecule has 5 rings (SSSR count). The Bertz CT molecular complexity index is 1400. The summed E-state index contributed by atoms with van der Waals surface area (Å²) < 4.78 is 7.64. The SMILES string of the molecule is C[C@H]1CN(C(=O)OC(C)(C)C)CCN1c1ncnc2c1c(-c1cccnc1)cn2-c1cccc(Cl)c1. The molecule has 0 radical (unpaired) electrons. The largest absolute Gasteiger partial charge is 0.444 e. The van der Waals surface area contributed by atoms with Crippen LogP contribution in [0.3, 0.4) is 0 Å². The van der Waals surface area contributed by atoms with Gasteiger partial charge in [0.25, 0.3) is 0 Å². The number of ether oxygens (including phenoxy) is 1. The van der Waals surface area contributed by atoms with Gasteiger partial charge in [0.05, 0.1) is 5.39 Å². The Morgan fingerprint density at radius 2 is 1.97 bits per heavy atom. The summed E-state index contributed by atoms with van der Waals surface area (Å²) in [5.74, 6) is 0.830. The first-order valence-electron chi connectivity index (χ1n) is 12.0. The van der Waals surface area contributed by atoms with E-state index >= 15 is 0 Å². The van der Waals surface area contributed by atoms with Crippen LogP contribution in [0.2, 0.25) is 5.02 Å². The number of amides is 1. The normalized spacial score (nSPS) is 16.4. The fourth-order valence-corrected chi connectivity index (χ4v) is 4.78. The van der Waals surface area contributed by atoms with Crippen LogP contribution in [-0.4, -0.2) is 61.8 Å². The molecular formula is C27H29ClN6O2. The molecule has 1 amide bonds. The predicted molar refractivity (Wildman–Crippen MR) is 142 cm³/mol. The van der Waals surface area contributed by atoms with Gasteiger partial charge in [0.15, 0.2) is 5.65 Å². The van der Waals surface area contributed by atoms with Crippen molar-refractivity contribution in [2.24, 2.45) is 0 Å². The van der Waals surface area contributed by atoms with Crippen molar-refractivity contribution in [2.45, 2.75) is 39.3 Å². The van der Waals surface area contributed by atoms with Crippen LogP contribution in [0.5, 0.6) is 0 Å². The van der Waals surface area contributed by atoms with Crippen LogP contribution in [0.4, 0.5) is 10.6 Å². The summed E-state index contributed by atoms with van der Waals surface area (Å²) in [5.41, 5.74) is 3.12. The molecule has 4 aromatic rings. The third-order valence-corrected chi connectivity index (χ3v) is 6.41. The fourth-order valence-electron chi connectivity index (χ4n) is 4.59. The number of anilines is 1. The Hall–Kier alpha value is -3.65. The second-order valence-electron chi connectivity index (χ2n) is 10.00. The van der Waals surface area contributed by atoms with Crippen molar-refractivity contribution in [1.29, 1.82) is 0 Å². The quantitative estimate of drug-likeness (QED) is 0.362. The van der Waals surface area contributed by atoms with Crippen molar-refractivity contribution in [3.63, 3.8) is 0 Å². The highest BCUT2D eigenvalue weighted by Crippen LogP contribution is 2.37. The molecule has 9 heteroatoms. The first-order valence-corrected chi connectivity index (χ1v) is 12.4. The zero-order valence-corrected chi connectivity index (χ0v) is 21.6. The number of hydrogen-bond donors (Lipinski definition) is 0. The highest BCUT2D eigenvalue weighted by atomic mass is 35.5. The van der Waals surface area contributed by atoms with Gasteiger partial charge < -0.3 is 19.1 Å². The minimum Gasteiger partial charge on any atom is -0.444 e. The lowest BCUT2D eigenvalue weighted by Gasteiger charge is -2.41. The molecule has 1 saturated heterocycles. The van der Waals surface area contributed by atoms with Gasteiger partial charge in [-0.3, -0.25) is 4.98 Å². The molecule has 4 heterocycles. The van der Waals surface area contributed by atoms with E-state index in [2.05, 4.69) is 28.0 Å². The zero-order valence-electron chi connectivity index (χ0n) is 20.8. The lowest BCUT2D eigenvalue weighted by atomic mass is 10.1. The first-order chi connectivity index (χ1) is 17.2. The molecule has 0 unspecified atom stereocenters. The number of rotatable bonds is 3. The standard InChI is InChI=1S/C27H29ClN6O2/c1-18-15-32(26(35)36-27(2,3)4)11-12-33(18)24-23-22(19-7-6-10-29-14-19)16-34(25(23)31-17-30-24)21-9-5-8-20(28)13-21/h5-10,13-14,16-18H,11-12,15H2,1-4H3/t18-/m0/s1. The van der Waals surface area contributed by atoms with Crippen LogP contribution >= 0.6 is 11.6 Å². The Morgan fingerprint density at radius 3 is 2.67 bits per heavy atom. The van der Waals surface area contributed by atoms with Crippen molar-refractivity contribution < 1.29 is 9.53 Å². The number of fused-ring (bicyclic) bond motifs is 1. The Labute approximate surface area is 215 Å². The van der Waals surface area contributed by atoms with Gasteiger partial charge in [0.1, 0.15) is 17.7 Å². The number of hydrogen-bond acceptors (Lipinski definition) is 6. The smallest absolute Gasteiger partial charge is 0.410 e. The molecule has 1 atom stereocenters. The molecular weight excluding hydrogens is 476 g/mol. The number of aromatic nitrogens is 4. The minimum absolute atomic E-state index is 0.0284. The molecule has 0 N–H and O–H groups in total. The highest BCUT2D eigenvalue weighted by molar-refractivity contribution is 6.30. The number of piperazine rings is 1. The molecule has 3 aromatic heterocycles. The summed E-state index contributed by atoms with van der Waals surface area (Å²) >= 11 is 6.31. The van der Waals surface area contributed by atoms with Crippen LogP contribution in [0.1, 0.15) is 27.7 Å². The summed E-state index contributed by atoms with van der Waals surface area (Å²) in [7, 11) is 0. The van der Waals surface area contributed by atoms with Crippen LogP contribution in [0.25, 0.3) is 27.8 Å². The molecule has 1 aromatic carbocycles. The average molecular weight is 505 g/mol. The van der Waals surface area contributed by atoms with Gasteiger partial charge in [-0.2, -0.15) is 0 Å². The predicted octanol–water partition coefficient (Wildman–Crippen LogP) is 5.58. The summed E-state index contributed by atoms with van der Waals surface area (Å²) in [5, 5.41) is 1.58. The van der Waals surface area contributed by atoms with E-state index in [9.17, 15) is 4.79 Å². The van der Waals surface area contributed by atoms with E-state index in [0.717, 1.165) is 33.7 Å². The maximum Gasteiger partial charge on any atom is 0.410 e. The Morgan fingerprint density at radius 1 is 1.14 bits per heavy atom. The molecule has 1 aliphatic rings. The van der Waals surface area contributed by atoms with E-state index in [1.54, 1.807) is 17.4 Å². The van der Waals surface area contributed by atoms with E-state index in [4.69, 9.17) is 21.3 Å². The molecule has 0 spiro atoms. The van der Waals surface area contributed by atoms with E-state index in [1.807, 2.05) is 67.9 Å². The number of nitrogens with zero attached hydrogens (tertiary/aromatic N) is 6. The maximum absolute atomic E-state index is 12.7. The number of benzene rings is 1. The van der Waals surface area contributed by atoms with Gasteiger partial charge in [0, 0.05) is 66.1 Å². The van der Waals surface area contributed by atoms with Crippen molar-refractivity contribution >= 4 is 34.5 Å². The van der Waals surface area contributed by atoms with Crippen LogP contribution in [0, 0.1) is 0 Å². The zero-order chi connectivity index (χ0) is 25.4. The van der Waals surface area contributed by atoms with E-state index in [1.165, 1.54) is 0 Å². The van der Waals surface area contributed by atoms with Gasteiger partial charge in [0.2, 0.25) is 0 Å². The second-order valence-corrected chi connectivity index (χ2v) is 10.4. The molecule has 0 aliphatic carbocycles. The molecule has 0 saturated carbocycles. The lowest BCUT2D eigenvalue weighted by Crippen LogP contribution is -2.54. The Balaban J connectivity index is 1.58. The van der Waals surface area contributed by atoms with E-state index < -0.39 is 5.60 Å². The topological polar surface area (TPSA) is 76.4 Å². The highest BCUT2D eigenvalue weighted by Gasteiger charge is 2.32. The van der Waals surface area contributed by atoms with Crippen LogP contribution in [-0.2, 0) is 4.74 Å². The van der Waals surface area contributed by atoms with Crippen molar-refractivity contribution in [3.05, 3.63) is 66.3 Å². The van der Waals surface area contributed by atoms with Crippen molar-refractivity contribution in [1.82, 2.24) is 24.4 Å². The van der Waals surface area contributed by atoms with Crippen molar-refractivity contribution in [3.8, 4) is 16.8 Å². The molecule has 0 bridgehead atoms. The first kappa shape index (κ1) is 24.1. The summed E-state index contributed by atoms with van der Waals surface area (Å²) in [4.78, 5) is 30.4. The molecule has 8 nitrogen and oxygen atoms in total. The third kappa shape index (κ3) is 4.73. The number of carbonyl (C=O) groups excluding carboxylic acids is 1. The number of carbonyl (C=O) groups is 1. The molecule has 1 aliphatic heterocycles. The molecule has 1 fully saturated rings. The van der Waals surface area contributed by atoms with Gasteiger partial charge in [-0.25, -0.2) is 14.8 Å². The minimum atomic E-state index is -0.530. The third-order valence-electron chi connectivity index (χ3n) is 6.17. The van der Waals surface area contributed by atoms with Gasteiger partial charge >= 0.3 is 6.09 Å². The lowest BCUT2D eigenvalue weighted by molar-refractivity contribution is 0.0218. The monoisotopic (exact) mass is 504 g/mol. The average Bonchev–Trinajstić information content (AvgIpc) is 3.24. The van der Waals surface area contributed by atoms with Crippen LogP contribution < -0.4 is 4.90 Å². The van der Waals surface area contributed by atoms with Gasteiger partial charge in [-0.15, -0.1) is 0 Å².